The fourth-order valence-electron chi connectivity index (χ4n) is 5.23. The number of alkyl halides is 3. The van der Waals surface area contributed by atoms with E-state index in [1.165, 1.54) is 12.1 Å². The summed E-state index contributed by atoms with van der Waals surface area (Å²) >= 11 is 0. The third-order valence-corrected chi connectivity index (χ3v) is 6.18. The average molecular weight is 494 g/mol. The second-order valence-electron chi connectivity index (χ2n) is 10.0. The van der Waals surface area contributed by atoms with Gasteiger partial charge in [-0.15, -0.1) is 0 Å². The van der Waals surface area contributed by atoms with Crippen LogP contribution >= 0.6 is 0 Å². The summed E-state index contributed by atoms with van der Waals surface area (Å²) in [6, 6.07) is 3.74. The molecule has 9 nitrogen and oxygen atoms in total. The first-order chi connectivity index (χ1) is 16.3. The van der Waals surface area contributed by atoms with E-state index in [4.69, 9.17) is 9.26 Å². The molecule has 4 rings (SSSR count). The Labute approximate surface area is 199 Å². The van der Waals surface area contributed by atoms with Crippen LogP contribution in [-0.2, 0) is 27.1 Å². The molecular weight excluding hydrogens is 469 g/mol. The van der Waals surface area contributed by atoms with Crippen LogP contribution in [0.2, 0.25) is 0 Å². The molecule has 0 radical (unpaired) electrons. The number of carbonyl (C=O) groups excluding carboxylic acids is 3. The molecule has 2 unspecified atom stereocenters. The van der Waals surface area contributed by atoms with Crippen molar-refractivity contribution >= 4 is 17.9 Å². The normalized spacial score (nSPS) is 24.1. The quantitative estimate of drug-likeness (QED) is 0.495. The number of nitrogens with one attached hydrogen (secondary N) is 1. The van der Waals surface area contributed by atoms with Crippen LogP contribution in [0.5, 0.6) is 0 Å². The number of esters is 1. The molecule has 1 spiro atoms. The van der Waals surface area contributed by atoms with Crippen molar-refractivity contribution in [2.45, 2.75) is 58.4 Å². The number of amides is 3. The average Bonchev–Trinajstić information content (AvgIpc) is 3.29. The van der Waals surface area contributed by atoms with E-state index in [0.717, 1.165) is 23.5 Å². The molecule has 1 aliphatic heterocycles. The monoisotopic (exact) mass is 494 g/mol. The van der Waals surface area contributed by atoms with E-state index in [-0.39, 0.29) is 28.6 Å². The van der Waals surface area contributed by atoms with Crippen LogP contribution < -0.4 is 5.32 Å². The van der Waals surface area contributed by atoms with Gasteiger partial charge in [-0.3, -0.25) is 14.5 Å². The number of nitrogens with zero attached hydrogens (tertiary/aromatic N) is 3. The van der Waals surface area contributed by atoms with E-state index in [0.29, 0.717) is 12.8 Å². The summed E-state index contributed by atoms with van der Waals surface area (Å²) in [7, 11) is 0. The number of hydrogen-bond donors (Lipinski definition) is 1. The van der Waals surface area contributed by atoms with Gasteiger partial charge in [-0.05, 0) is 42.7 Å². The van der Waals surface area contributed by atoms with Gasteiger partial charge < -0.3 is 14.6 Å². The first-order valence-corrected chi connectivity index (χ1v) is 11.1. The molecule has 2 atom stereocenters. The molecule has 3 amide bonds. The van der Waals surface area contributed by atoms with Crippen LogP contribution in [-0.4, -0.2) is 45.0 Å². The third kappa shape index (κ3) is 5.15. The molecule has 0 bridgehead atoms. The number of carbonyl (C=O) groups is 3. The lowest BCUT2D eigenvalue weighted by Gasteiger charge is -2.43. The van der Waals surface area contributed by atoms with E-state index < -0.39 is 48.3 Å². The molecule has 1 saturated carbocycles. The van der Waals surface area contributed by atoms with E-state index >= 15 is 0 Å². The molecule has 2 aromatic rings. The number of rotatable bonds is 5. The van der Waals surface area contributed by atoms with Gasteiger partial charge in [0, 0.05) is 5.56 Å². The summed E-state index contributed by atoms with van der Waals surface area (Å²) in [4.78, 5) is 42.8. The molecule has 188 valence electrons. The Morgan fingerprint density at radius 3 is 2.71 bits per heavy atom. The van der Waals surface area contributed by atoms with Crippen molar-refractivity contribution in [3.63, 3.8) is 0 Å². The smallest absolute Gasteiger partial charge is 0.416 e. The zero-order valence-corrected chi connectivity index (χ0v) is 19.4. The predicted molar refractivity (Wildman–Crippen MR) is 114 cm³/mol. The van der Waals surface area contributed by atoms with Gasteiger partial charge in [0.2, 0.25) is 5.82 Å². The zero-order valence-electron chi connectivity index (χ0n) is 19.4. The fraction of sp³-hybridized carbons (Fsp3) is 0.522. The number of halogens is 3. The fourth-order valence-corrected chi connectivity index (χ4v) is 5.23. The molecule has 1 aromatic carbocycles. The summed E-state index contributed by atoms with van der Waals surface area (Å²) in [6.07, 6.45) is -2.64. The maximum absolute atomic E-state index is 13.1. The second kappa shape index (κ2) is 8.65. The number of ether oxygens (including phenoxy) is 1. The summed E-state index contributed by atoms with van der Waals surface area (Å²) in [5.41, 5.74) is -1.97. The van der Waals surface area contributed by atoms with Gasteiger partial charge >= 0.3 is 18.2 Å². The number of urea groups is 1. The van der Waals surface area contributed by atoms with Crippen LogP contribution in [0.1, 0.15) is 51.5 Å². The molecule has 1 saturated heterocycles. The van der Waals surface area contributed by atoms with Crippen molar-refractivity contribution in [2.24, 2.45) is 11.3 Å². The van der Waals surface area contributed by atoms with E-state index in [1.807, 2.05) is 20.8 Å². The minimum atomic E-state index is -4.53. The highest BCUT2D eigenvalue weighted by Crippen LogP contribution is 2.46. The zero-order chi connectivity index (χ0) is 25.6. The topological polar surface area (TPSA) is 115 Å². The summed E-state index contributed by atoms with van der Waals surface area (Å²) in [5, 5.41) is 6.40. The Hall–Kier alpha value is -3.44. The second-order valence-corrected chi connectivity index (χ2v) is 10.0. The van der Waals surface area contributed by atoms with Crippen LogP contribution in [0.15, 0.2) is 28.8 Å². The van der Waals surface area contributed by atoms with Gasteiger partial charge in [0.05, 0.1) is 5.56 Å². The molecule has 1 aliphatic carbocycles. The van der Waals surface area contributed by atoms with Crippen LogP contribution in [0, 0.1) is 11.3 Å². The van der Waals surface area contributed by atoms with Gasteiger partial charge in [0.1, 0.15) is 12.1 Å². The number of imide groups is 1. The Morgan fingerprint density at radius 2 is 2.03 bits per heavy atom. The summed E-state index contributed by atoms with van der Waals surface area (Å²) in [5.74, 6) is -1.36. The highest BCUT2D eigenvalue weighted by atomic mass is 19.4. The van der Waals surface area contributed by atoms with Crippen molar-refractivity contribution in [3.8, 4) is 11.4 Å². The van der Waals surface area contributed by atoms with E-state index in [2.05, 4.69) is 15.5 Å². The lowest BCUT2D eigenvalue weighted by molar-refractivity contribution is -0.150. The summed E-state index contributed by atoms with van der Waals surface area (Å²) in [6.45, 7) is 5.05. The van der Waals surface area contributed by atoms with Gasteiger partial charge in [-0.2, -0.15) is 18.2 Å². The van der Waals surface area contributed by atoms with Crippen LogP contribution in [0.3, 0.4) is 0 Å². The Bertz CT molecular complexity index is 1160. The van der Waals surface area contributed by atoms with Crippen molar-refractivity contribution in [3.05, 3.63) is 35.7 Å². The van der Waals surface area contributed by atoms with Crippen LogP contribution in [0.4, 0.5) is 18.0 Å². The van der Waals surface area contributed by atoms with Gasteiger partial charge in [-0.1, -0.05) is 38.1 Å². The maximum atomic E-state index is 13.1. The number of benzene rings is 1. The first-order valence-electron chi connectivity index (χ1n) is 11.1. The Balaban J connectivity index is 1.37. The van der Waals surface area contributed by atoms with Gasteiger partial charge in [0.25, 0.3) is 11.8 Å². The number of hydrogen-bond acceptors (Lipinski definition) is 7. The minimum Gasteiger partial charge on any atom is -0.454 e. The van der Waals surface area contributed by atoms with Crippen LogP contribution in [0.25, 0.3) is 11.4 Å². The van der Waals surface area contributed by atoms with E-state index in [1.54, 1.807) is 0 Å². The van der Waals surface area contributed by atoms with Gasteiger partial charge in [0.15, 0.2) is 6.61 Å². The largest absolute Gasteiger partial charge is 0.454 e. The standard InChI is InChI=1S/C23H25F3N4O5/c1-13-8-21(2,3)12-22(9-13)19(32)30(20(33)28-22)10-17(31)34-11-16-27-18(29-35-16)14-5-4-6-15(7-14)23(24,25)26/h4-7,13H,8-12H2,1-3H3,(H,28,33). The molecule has 12 heteroatoms. The molecule has 1 N–H and O–H groups in total. The SMILES string of the molecule is CC1CC(C)(C)CC2(C1)NC(=O)N(CC(=O)OCc1nc(-c3cccc(C(F)(F)F)c3)no1)C2=O. The highest BCUT2D eigenvalue weighted by molar-refractivity contribution is 6.08. The lowest BCUT2D eigenvalue weighted by atomic mass is 9.64. The number of aromatic nitrogens is 2. The molecule has 2 aliphatic rings. The highest BCUT2D eigenvalue weighted by Gasteiger charge is 2.56. The van der Waals surface area contributed by atoms with E-state index in [9.17, 15) is 27.6 Å². The molecule has 35 heavy (non-hydrogen) atoms. The third-order valence-electron chi connectivity index (χ3n) is 6.18. The van der Waals surface area contributed by atoms with Crippen molar-refractivity contribution < 1.29 is 36.8 Å². The van der Waals surface area contributed by atoms with Gasteiger partial charge in [-0.25, -0.2) is 4.79 Å². The Kier molecular flexibility index (Phi) is 6.10. The Morgan fingerprint density at radius 1 is 1.29 bits per heavy atom. The maximum Gasteiger partial charge on any atom is 0.416 e. The molecule has 1 aromatic heterocycles. The summed E-state index contributed by atoms with van der Waals surface area (Å²) < 4.78 is 48.8. The predicted octanol–water partition coefficient (Wildman–Crippen LogP) is 3.94. The lowest BCUT2D eigenvalue weighted by Crippen LogP contribution is -2.54. The molecular formula is C23H25F3N4O5. The van der Waals surface area contributed by atoms with Crippen molar-refractivity contribution in [1.82, 2.24) is 20.4 Å². The molecule has 2 heterocycles. The molecule has 2 fully saturated rings. The van der Waals surface area contributed by atoms with Crippen molar-refractivity contribution in [2.75, 3.05) is 6.54 Å². The van der Waals surface area contributed by atoms with Crippen molar-refractivity contribution in [1.29, 1.82) is 0 Å². The minimum absolute atomic E-state index is 0.0791. The first kappa shape index (κ1) is 24.7.